The van der Waals surface area contributed by atoms with Crippen molar-refractivity contribution in [3.8, 4) is 0 Å². The van der Waals surface area contributed by atoms with Crippen LogP contribution in [0.25, 0.3) is 0 Å². The van der Waals surface area contributed by atoms with Gasteiger partial charge in [0, 0.05) is 32.7 Å². The third-order valence-electron chi connectivity index (χ3n) is 3.40. The molecule has 2 saturated heterocycles. The van der Waals surface area contributed by atoms with E-state index in [4.69, 9.17) is 0 Å². The van der Waals surface area contributed by atoms with E-state index in [1.807, 2.05) is 0 Å². The molecule has 1 N–H and O–H groups in total. The highest BCUT2D eigenvalue weighted by Crippen LogP contribution is 2.19. The number of nitrogens with one attached hydrogen (secondary N) is 1. The van der Waals surface area contributed by atoms with Gasteiger partial charge in [0.1, 0.15) is 9.84 Å². The van der Waals surface area contributed by atoms with Crippen molar-refractivity contribution >= 4 is 9.84 Å². The van der Waals surface area contributed by atoms with Gasteiger partial charge in [-0.05, 0) is 18.8 Å². The minimum Gasteiger partial charge on any atom is -0.314 e. The molecule has 0 spiro atoms. The molecule has 2 aliphatic rings. The topological polar surface area (TPSA) is 49.4 Å². The van der Waals surface area contributed by atoms with Crippen molar-refractivity contribution in [3.05, 3.63) is 0 Å². The maximum absolute atomic E-state index is 11.3. The molecular weight excluding hydrogens is 212 g/mol. The van der Waals surface area contributed by atoms with Crippen LogP contribution in [0.15, 0.2) is 0 Å². The first-order valence-electron chi connectivity index (χ1n) is 5.79. The fourth-order valence-electron chi connectivity index (χ4n) is 2.38. The molecule has 0 saturated carbocycles. The second-order valence-corrected chi connectivity index (χ2v) is 6.95. The lowest BCUT2D eigenvalue weighted by molar-refractivity contribution is 0.199. The second kappa shape index (κ2) is 4.80. The fraction of sp³-hybridized carbons (Fsp3) is 1.00. The summed E-state index contributed by atoms with van der Waals surface area (Å²) in [5.74, 6) is 1.42. The van der Waals surface area contributed by atoms with Crippen molar-refractivity contribution in [2.24, 2.45) is 5.92 Å². The third-order valence-corrected chi connectivity index (χ3v) is 5.12. The van der Waals surface area contributed by atoms with Crippen LogP contribution in [0.5, 0.6) is 0 Å². The van der Waals surface area contributed by atoms with Crippen LogP contribution >= 0.6 is 0 Å². The molecule has 0 unspecified atom stereocenters. The van der Waals surface area contributed by atoms with Gasteiger partial charge in [0.2, 0.25) is 0 Å². The van der Waals surface area contributed by atoms with Gasteiger partial charge in [-0.25, -0.2) is 8.42 Å². The molecule has 2 heterocycles. The summed E-state index contributed by atoms with van der Waals surface area (Å²) in [7, 11) is -2.69. The highest BCUT2D eigenvalue weighted by Gasteiger charge is 2.25. The molecule has 0 aliphatic carbocycles. The van der Waals surface area contributed by atoms with Crippen LogP contribution in [0.3, 0.4) is 0 Å². The highest BCUT2D eigenvalue weighted by atomic mass is 32.2. The lowest BCUT2D eigenvalue weighted by Crippen LogP contribution is -2.46. The van der Waals surface area contributed by atoms with Crippen molar-refractivity contribution in [1.29, 1.82) is 0 Å². The van der Waals surface area contributed by atoms with Gasteiger partial charge in [-0.15, -0.1) is 0 Å². The lowest BCUT2D eigenvalue weighted by Gasteiger charge is -2.32. The zero-order valence-electron chi connectivity index (χ0n) is 9.11. The van der Waals surface area contributed by atoms with E-state index in [1.54, 1.807) is 0 Å². The molecule has 0 aromatic carbocycles. The van der Waals surface area contributed by atoms with E-state index in [9.17, 15) is 8.42 Å². The Morgan fingerprint density at radius 2 is 1.73 bits per heavy atom. The van der Waals surface area contributed by atoms with Gasteiger partial charge >= 0.3 is 0 Å². The summed E-state index contributed by atoms with van der Waals surface area (Å²) in [6.45, 7) is 5.47. The summed E-state index contributed by atoms with van der Waals surface area (Å²) in [6.07, 6.45) is 1.73. The Kier molecular flexibility index (Phi) is 3.64. The molecule has 2 aliphatic heterocycles. The summed E-state index contributed by atoms with van der Waals surface area (Å²) in [5.41, 5.74) is 0. The first kappa shape index (κ1) is 11.4. The molecular formula is C10H20N2O2S. The van der Waals surface area contributed by atoms with Gasteiger partial charge in [-0.3, -0.25) is 0 Å². The molecule has 15 heavy (non-hydrogen) atoms. The van der Waals surface area contributed by atoms with Crippen LogP contribution < -0.4 is 5.32 Å². The van der Waals surface area contributed by atoms with Gasteiger partial charge in [-0.1, -0.05) is 0 Å². The van der Waals surface area contributed by atoms with Gasteiger partial charge in [-0.2, -0.15) is 0 Å². The number of piperazine rings is 1. The molecule has 0 bridgehead atoms. The summed E-state index contributed by atoms with van der Waals surface area (Å²) in [5, 5.41) is 3.33. The minimum absolute atomic E-state index is 0.407. The molecule has 0 aromatic rings. The summed E-state index contributed by atoms with van der Waals surface area (Å²) in [4.78, 5) is 2.46. The number of rotatable bonds is 2. The molecule has 5 heteroatoms. The number of hydrogen-bond donors (Lipinski definition) is 1. The molecule has 4 nitrogen and oxygen atoms in total. The number of nitrogens with zero attached hydrogens (tertiary/aromatic N) is 1. The maximum atomic E-state index is 11.3. The zero-order chi connectivity index (χ0) is 10.7. The van der Waals surface area contributed by atoms with E-state index < -0.39 is 9.84 Å². The second-order valence-electron chi connectivity index (χ2n) is 4.65. The molecule has 0 amide bonds. The van der Waals surface area contributed by atoms with Gasteiger partial charge in [0.15, 0.2) is 0 Å². The van der Waals surface area contributed by atoms with Crippen molar-refractivity contribution in [1.82, 2.24) is 10.2 Å². The van der Waals surface area contributed by atoms with Crippen molar-refractivity contribution in [3.63, 3.8) is 0 Å². The third kappa shape index (κ3) is 3.43. The summed E-state index contributed by atoms with van der Waals surface area (Å²) < 4.78 is 22.5. The smallest absolute Gasteiger partial charge is 0.150 e. The van der Waals surface area contributed by atoms with E-state index in [0.717, 1.165) is 45.6 Å². The number of sulfone groups is 1. The largest absolute Gasteiger partial charge is 0.314 e. The van der Waals surface area contributed by atoms with Crippen LogP contribution in [0.1, 0.15) is 12.8 Å². The molecule has 88 valence electrons. The Hall–Kier alpha value is -0.130. The SMILES string of the molecule is O=S1(=O)CCC(CN2CCNCC2)CC1. The van der Waals surface area contributed by atoms with Crippen LogP contribution in [0.2, 0.25) is 0 Å². The minimum atomic E-state index is -2.69. The lowest BCUT2D eigenvalue weighted by atomic mass is 10.0. The normalized spacial score (nSPS) is 29.1. The van der Waals surface area contributed by atoms with Crippen LogP contribution in [-0.4, -0.2) is 57.5 Å². The predicted octanol–water partition coefficient (Wildman–Crippen LogP) is -0.284. The van der Waals surface area contributed by atoms with Gasteiger partial charge < -0.3 is 10.2 Å². The average Bonchev–Trinajstić information content (AvgIpc) is 2.23. The predicted molar refractivity (Wildman–Crippen MR) is 60.7 cm³/mol. The van der Waals surface area contributed by atoms with Crippen LogP contribution in [-0.2, 0) is 9.84 Å². The first-order chi connectivity index (χ1) is 7.16. The van der Waals surface area contributed by atoms with Gasteiger partial charge in [0.25, 0.3) is 0 Å². The molecule has 0 radical (unpaired) electrons. The summed E-state index contributed by atoms with van der Waals surface area (Å²) in [6, 6.07) is 0. The number of hydrogen-bond acceptors (Lipinski definition) is 4. The Morgan fingerprint density at radius 3 is 2.33 bits per heavy atom. The van der Waals surface area contributed by atoms with E-state index in [0.29, 0.717) is 17.4 Å². The van der Waals surface area contributed by atoms with E-state index >= 15 is 0 Å². The highest BCUT2D eigenvalue weighted by molar-refractivity contribution is 7.91. The Bertz CT molecular complexity index is 283. The quantitative estimate of drug-likeness (QED) is 0.711. The average molecular weight is 232 g/mol. The molecule has 2 fully saturated rings. The standard InChI is InChI=1S/C10H20N2O2S/c13-15(14)7-1-10(2-8-15)9-12-5-3-11-4-6-12/h10-11H,1-9H2. The van der Waals surface area contributed by atoms with E-state index in [2.05, 4.69) is 10.2 Å². The van der Waals surface area contributed by atoms with Crippen LogP contribution in [0.4, 0.5) is 0 Å². The van der Waals surface area contributed by atoms with Gasteiger partial charge in [0.05, 0.1) is 11.5 Å². The zero-order valence-corrected chi connectivity index (χ0v) is 9.93. The van der Waals surface area contributed by atoms with Crippen molar-refractivity contribution in [2.75, 3.05) is 44.2 Å². The monoisotopic (exact) mass is 232 g/mol. The Balaban J connectivity index is 1.76. The Morgan fingerprint density at radius 1 is 1.13 bits per heavy atom. The fourth-order valence-corrected chi connectivity index (χ4v) is 3.97. The Labute approximate surface area is 91.9 Å². The maximum Gasteiger partial charge on any atom is 0.150 e. The first-order valence-corrected chi connectivity index (χ1v) is 7.61. The van der Waals surface area contributed by atoms with E-state index in [1.165, 1.54) is 0 Å². The van der Waals surface area contributed by atoms with Crippen molar-refractivity contribution < 1.29 is 8.42 Å². The molecule has 0 aromatic heterocycles. The molecule has 0 atom stereocenters. The van der Waals surface area contributed by atoms with Crippen molar-refractivity contribution in [2.45, 2.75) is 12.8 Å². The van der Waals surface area contributed by atoms with E-state index in [-0.39, 0.29) is 0 Å². The molecule has 2 rings (SSSR count). The summed E-state index contributed by atoms with van der Waals surface area (Å²) >= 11 is 0. The van der Waals surface area contributed by atoms with Crippen LogP contribution in [0, 0.1) is 5.92 Å².